The summed E-state index contributed by atoms with van der Waals surface area (Å²) in [5.41, 5.74) is 0.540. The lowest BCUT2D eigenvalue weighted by atomic mass is 10.1. The van der Waals surface area contributed by atoms with E-state index in [2.05, 4.69) is 12.2 Å². The average molecular weight is 186 g/mol. The highest BCUT2D eigenvalue weighted by Crippen LogP contribution is 2.43. The third-order valence-electron chi connectivity index (χ3n) is 2.61. The van der Waals surface area contributed by atoms with Crippen LogP contribution in [0.25, 0.3) is 0 Å². The Morgan fingerprint density at radius 2 is 2.08 bits per heavy atom. The van der Waals surface area contributed by atoms with Crippen molar-refractivity contribution < 1.29 is 5.11 Å². The second-order valence-electron chi connectivity index (χ2n) is 4.86. The van der Waals surface area contributed by atoms with Crippen molar-refractivity contribution in [2.45, 2.75) is 25.9 Å². The van der Waals surface area contributed by atoms with Crippen molar-refractivity contribution in [2.24, 2.45) is 5.41 Å². The number of likely N-dealkylation sites (N-methyl/N-ethyl adjacent to an activating group) is 1. The van der Waals surface area contributed by atoms with Crippen molar-refractivity contribution in [3.05, 3.63) is 0 Å². The summed E-state index contributed by atoms with van der Waals surface area (Å²) in [7, 11) is 3.96. The summed E-state index contributed by atoms with van der Waals surface area (Å²) in [5.74, 6) is 0. The van der Waals surface area contributed by atoms with Gasteiger partial charge in [0.1, 0.15) is 0 Å². The zero-order valence-electron chi connectivity index (χ0n) is 9.01. The Hall–Kier alpha value is -0.120. The van der Waals surface area contributed by atoms with Crippen LogP contribution in [0.3, 0.4) is 0 Å². The van der Waals surface area contributed by atoms with Gasteiger partial charge in [0.2, 0.25) is 0 Å². The maximum atomic E-state index is 9.53. The zero-order chi connectivity index (χ0) is 9.90. The second-order valence-corrected chi connectivity index (χ2v) is 4.86. The number of nitrogens with one attached hydrogen (secondary N) is 1. The zero-order valence-corrected chi connectivity index (χ0v) is 9.01. The van der Waals surface area contributed by atoms with Gasteiger partial charge in [0.25, 0.3) is 0 Å². The number of nitrogens with zero attached hydrogens (tertiary/aromatic N) is 1. The highest BCUT2D eigenvalue weighted by atomic mass is 16.3. The second kappa shape index (κ2) is 4.40. The largest absolute Gasteiger partial charge is 0.390 e. The Bertz CT molecular complexity index is 155. The fourth-order valence-corrected chi connectivity index (χ4v) is 1.42. The van der Waals surface area contributed by atoms with Crippen LogP contribution in [0.15, 0.2) is 0 Å². The van der Waals surface area contributed by atoms with Crippen molar-refractivity contribution in [1.29, 1.82) is 0 Å². The molecule has 0 heterocycles. The van der Waals surface area contributed by atoms with E-state index in [1.165, 1.54) is 12.8 Å². The summed E-state index contributed by atoms with van der Waals surface area (Å²) in [4.78, 5) is 2.01. The molecule has 1 aliphatic rings. The first kappa shape index (κ1) is 11.0. The summed E-state index contributed by atoms with van der Waals surface area (Å²) < 4.78 is 0. The first-order chi connectivity index (χ1) is 6.02. The molecule has 0 aromatic carbocycles. The van der Waals surface area contributed by atoms with E-state index in [-0.39, 0.29) is 6.10 Å². The minimum absolute atomic E-state index is 0.239. The van der Waals surface area contributed by atoms with Crippen LogP contribution in [0.4, 0.5) is 0 Å². The molecule has 1 aliphatic carbocycles. The summed E-state index contributed by atoms with van der Waals surface area (Å²) in [6.45, 7) is 4.80. The molecule has 0 aliphatic heterocycles. The van der Waals surface area contributed by atoms with E-state index in [9.17, 15) is 5.11 Å². The maximum Gasteiger partial charge on any atom is 0.0791 e. The van der Waals surface area contributed by atoms with Gasteiger partial charge in [-0.1, -0.05) is 6.92 Å². The highest BCUT2D eigenvalue weighted by molar-refractivity contribution is 4.90. The predicted molar refractivity (Wildman–Crippen MR) is 54.8 cm³/mol. The molecule has 2 N–H and O–H groups in total. The van der Waals surface area contributed by atoms with Crippen molar-refractivity contribution >= 4 is 0 Å². The van der Waals surface area contributed by atoms with Crippen LogP contribution in [0.5, 0.6) is 0 Å². The molecule has 0 radical (unpaired) electrons. The fraction of sp³-hybridized carbons (Fsp3) is 1.00. The van der Waals surface area contributed by atoms with Crippen molar-refractivity contribution in [3.8, 4) is 0 Å². The summed E-state index contributed by atoms with van der Waals surface area (Å²) in [5, 5.41) is 12.8. The van der Waals surface area contributed by atoms with E-state index in [1.807, 2.05) is 19.0 Å². The summed E-state index contributed by atoms with van der Waals surface area (Å²) >= 11 is 0. The van der Waals surface area contributed by atoms with Crippen molar-refractivity contribution in [1.82, 2.24) is 10.2 Å². The molecular weight excluding hydrogens is 164 g/mol. The quantitative estimate of drug-likeness (QED) is 0.626. The van der Waals surface area contributed by atoms with E-state index in [1.54, 1.807) is 0 Å². The molecule has 1 saturated carbocycles. The summed E-state index contributed by atoms with van der Waals surface area (Å²) in [6.07, 6.45) is 2.44. The lowest BCUT2D eigenvalue weighted by molar-refractivity contribution is 0.133. The van der Waals surface area contributed by atoms with Crippen molar-refractivity contribution in [3.63, 3.8) is 0 Å². The average Bonchev–Trinajstić information content (AvgIpc) is 2.66. The number of rotatable bonds is 6. The molecule has 1 fully saturated rings. The fourth-order valence-electron chi connectivity index (χ4n) is 1.42. The van der Waals surface area contributed by atoms with E-state index in [4.69, 9.17) is 0 Å². The monoisotopic (exact) mass is 186 g/mol. The first-order valence-electron chi connectivity index (χ1n) is 5.05. The van der Waals surface area contributed by atoms with Gasteiger partial charge in [-0.15, -0.1) is 0 Å². The third-order valence-corrected chi connectivity index (χ3v) is 2.61. The smallest absolute Gasteiger partial charge is 0.0791 e. The van der Waals surface area contributed by atoms with Crippen LogP contribution in [0.1, 0.15) is 19.8 Å². The molecule has 0 bridgehead atoms. The van der Waals surface area contributed by atoms with Gasteiger partial charge >= 0.3 is 0 Å². The molecule has 0 saturated heterocycles. The first-order valence-corrected chi connectivity index (χ1v) is 5.05. The minimum Gasteiger partial charge on any atom is -0.390 e. The Balaban J connectivity index is 1.98. The molecule has 13 heavy (non-hydrogen) atoms. The van der Waals surface area contributed by atoms with Crippen LogP contribution < -0.4 is 5.32 Å². The van der Waals surface area contributed by atoms with Gasteiger partial charge in [-0.3, -0.25) is 0 Å². The highest BCUT2D eigenvalue weighted by Gasteiger charge is 2.36. The van der Waals surface area contributed by atoms with Crippen LogP contribution in [0, 0.1) is 5.41 Å². The van der Waals surface area contributed by atoms with Gasteiger partial charge in [-0.25, -0.2) is 0 Å². The van der Waals surface area contributed by atoms with Gasteiger partial charge in [-0.2, -0.15) is 0 Å². The number of aliphatic hydroxyl groups excluding tert-OH is 1. The summed E-state index contributed by atoms with van der Waals surface area (Å²) in [6, 6.07) is 0. The number of aliphatic hydroxyl groups is 1. The molecule has 1 unspecified atom stereocenters. The predicted octanol–water partition coefficient (Wildman–Crippen LogP) is 0.299. The standard InChI is InChI=1S/C10H22N2O/c1-10(4-5-10)8-11-6-9(13)7-12(2)3/h9,11,13H,4-8H2,1-3H3. The third kappa shape index (κ3) is 4.60. The van der Waals surface area contributed by atoms with Crippen LogP contribution in [0.2, 0.25) is 0 Å². The van der Waals surface area contributed by atoms with Crippen molar-refractivity contribution in [2.75, 3.05) is 33.7 Å². The molecule has 1 rings (SSSR count). The Morgan fingerprint density at radius 3 is 2.54 bits per heavy atom. The molecule has 0 aromatic heterocycles. The van der Waals surface area contributed by atoms with Gasteiger partial charge in [0, 0.05) is 19.6 Å². The van der Waals surface area contributed by atoms with Crippen LogP contribution >= 0.6 is 0 Å². The molecule has 0 spiro atoms. The lowest BCUT2D eigenvalue weighted by Crippen LogP contribution is -2.36. The topological polar surface area (TPSA) is 35.5 Å². The molecular formula is C10H22N2O. The Morgan fingerprint density at radius 1 is 1.46 bits per heavy atom. The maximum absolute atomic E-state index is 9.53. The van der Waals surface area contributed by atoms with E-state index in [0.717, 1.165) is 13.1 Å². The number of hydrogen-bond acceptors (Lipinski definition) is 3. The van der Waals surface area contributed by atoms with E-state index in [0.29, 0.717) is 12.0 Å². The van der Waals surface area contributed by atoms with Crippen LogP contribution in [-0.4, -0.2) is 49.8 Å². The van der Waals surface area contributed by atoms with Gasteiger partial charge < -0.3 is 15.3 Å². The van der Waals surface area contributed by atoms with E-state index >= 15 is 0 Å². The number of hydrogen-bond donors (Lipinski definition) is 2. The SMILES string of the molecule is CN(C)CC(O)CNCC1(C)CC1. The van der Waals surface area contributed by atoms with E-state index < -0.39 is 0 Å². The molecule has 78 valence electrons. The molecule has 1 atom stereocenters. The lowest BCUT2D eigenvalue weighted by Gasteiger charge is -2.17. The molecule has 3 nitrogen and oxygen atoms in total. The van der Waals surface area contributed by atoms with Gasteiger partial charge in [0.15, 0.2) is 0 Å². The molecule has 0 aromatic rings. The van der Waals surface area contributed by atoms with Gasteiger partial charge in [-0.05, 0) is 32.4 Å². The molecule has 3 heteroatoms. The van der Waals surface area contributed by atoms with Gasteiger partial charge in [0.05, 0.1) is 6.10 Å². The van der Waals surface area contributed by atoms with Crippen LogP contribution in [-0.2, 0) is 0 Å². The Kier molecular flexibility index (Phi) is 3.71. The normalized spacial score (nSPS) is 21.9. The Labute approximate surface area is 81.1 Å². The minimum atomic E-state index is -0.239. The molecule has 0 amide bonds.